The molecule has 2 aliphatic heterocycles. The Bertz CT molecular complexity index is 2100. The van der Waals surface area contributed by atoms with E-state index in [4.69, 9.17) is 0 Å². The van der Waals surface area contributed by atoms with Crippen molar-refractivity contribution in [3.8, 4) is 5.75 Å². The van der Waals surface area contributed by atoms with Crippen LogP contribution in [0.4, 0.5) is 4.79 Å². The van der Waals surface area contributed by atoms with Crippen molar-refractivity contribution in [2.24, 2.45) is 0 Å². The van der Waals surface area contributed by atoms with Gasteiger partial charge in [0.1, 0.15) is 11.8 Å². The Labute approximate surface area is 291 Å². The Balaban J connectivity index is 1.06. The minimum atomic E-state index is -0.871. The highest BCUT2D eigenvalue weighted by atomic mass is 79.9. The number of imidazole rings is 2. The monoisotopic (exact) mass is 780 g/mol. The van der Waals surface area contributed by atoms with Gasteiger partial charge in [0.05, 0.1) is 25.5 Å². The summed E-state index contributed by atoms with van der Waals surface area (Å²) in [6.07, 6.45) is 4.18. The van der Waals surface area contributed by atoms with Crippen molar-refractivity contribution in [2.45, 2.75) is 50.2 Å². The lowest BCUT2D eigenvalue weighted by Crippen LogP contribution is -2.55. The maximum absolute atomic E-state index is 14.1. The number of carbonyl (C=O) groups is 2. The molecular formula is C33H34Br2N8O5. The summed E-state index contributed by atoms with van der Waals surface area (Å²) in [5.41, 5.74) is 3.26. The van der Waals surface area contributed by atoms with E-state index >= 15 is 0 Å². The molecule has 2 aliphatic rings. The number of carbonyl (C=O) groups excluding carboxylic acids is 2. The van der Waals surface area contributed by atoms with E-state index in [0.29, 0.717) is 72.0 Å². The quantitative estimate of drug-likeness (QED) is 0.200. The van der Waals surface area contributed by atoms with Crippen LogP contribution in [0.15, 0.2) is 73.3 Å². The predicted octanol–water partition coefficient (Wildman–Crippen LogP) is 4.42. The molecule has 1 atom stereocenters. The number of benzene rings is 2. The number of phenols is 1. The zero-order chi connectivity index (χ0) is 33.5. The highest BCUT2D eigenvalue weighted by molar-refractivity contribution is 9.11. The fraction of sp³-hybridized carbons (Fsp3) is 0.364. The van der Waals surface area contributed by atoms with Crippen molar-refractivity contribution in [1.29, 1.82) is 0 Å². The first-order valence-electron chi connectivity index (χ1n) is 15.9. The predicted molar refractivity (Wildman–Crippen MR) is 187 cm³/mol. The molecule has 2 fully saturated rings. The molecule has 4 N–H and O–H groups in total. The second kappa shape index (κ2) is 13.3. The van der Waals surface area contributed by atoms with Crippen molar-refractivity contribution in [3.05, 3.63) is 90.2 Å². The van der Waals surface area contributed by atoms with Gasteiger partial charge in [-0.15, -0.1) is 0 Å². The van der Waals surface area contributed by atoms with Gasteiger partial charge in [-0.2, -0.15) is 0 Å². The van der Waals surface area contributed by atoms with E-state index in [9.17, 15) is 24.3 Å². The molecule has 2 saturated heterocycles. The van der Waals surface area contributed by atoms with Gasteiger partial charge in [-0.05, 0) is 99.5 Å². The van der Waals surface area contributed by atoms with Gasteiger partial charge in [-0.25, -0.2) is 19.4 Å². The van der Waals surface area contributed by atoms with E-state index in [2.05, 4.69) is 52.1 Å². The molecule has 0 radical (unpaired) electrons. The van der Waals surface area contributed by atoms with Gasteiger partial charge in [0.15, 0.2) is 5.65 Å². The van der Waals surface area contributed by atoms with Gasteiger partial charge in [0.2, 0.25) is 5.91 Å². The second-order valence-corrected chi connectivity index (χ2v) is 14.1. The number of pyridine rings is 1. The molecule has 250 valence electrons. The van der Waals surface area contributed by atoms with Gasteiger partial charge in [-0.1, -0.05) is 12.1 Å². The summed E-state index contributed by atoms with van der Waals surface area (Å²) < 4.78 is 4.40. The Morgan fingerprint density at radius 2 is 1.44 bits per heavy atom. The topological polar surface area (TPSA) is 161 Å². The summed E-state index contributed by atoms with van der Waals surface area (Å²) in [7, 11) is 0. The molecule has 15 heteroatoms. The summed E-state index contributed by atoms with van der Waals surface area (Å²) in [6, 6.07) is 13.3. The fourth-order valence-corrected chi connectivity index (χ4v) is 8.32. The highest BCUT2D eigenvalue weighted by Crippen LogP contribution is 2.34. The van der Waals surface area contributed by atoms with Crippen molar-refractivity contribution in [2.75, 3.05) is 26.2 Å². The van der Waals surface area contributed by atoms with Crippen molar-refractivity contribution in [1.82, 2.24) is 39.2 Å². The van der Waals surface area contributed by atoms with Crippen LogP contribution in [0.25, 0.3) is 22.2 Å². The molecule has 5 aromatic rings. The Morgan fingerprint density at radius 3 is 2.15 bits per heavy atom. The Kier molecular flexibility index (Phi) is 8.90. The van der Waals surface area contributed by atoms with E-state index in [1.165, 1.54) is 0 Å². The van der Waals surface area contributed by atoms with Crippen LogP contribution < -0.4 is 16.7 Å². The molecule has 2 aromatic carbocycles. The number of phenolic OH excluding ortho intramolecular Hbond substituents is 1. The molecule has 0 spiro atoms. The number of rotatable bonds is 6. The number of aromatic hydroxyl groups is 1. The van der Waals surface area contributed by atoms with Crippen LogP contribution in [0, 0.1) is 0 Å². The highest BCUT2D eigenvalue weighted by Gasteiger charge is 2.33. The van der Waals surface area contributed by atoms with Crippen LogP contribution >= 0.6 is 31.9 Å². The summed E-state index contributed by atoms with van der Waals surface area (Å²) in [4.78, 5) is 66.9. The van der Waals surface area contributed by atoms with Crippen molar-refractivity contribution >= 4 is 66.0 Å². The number of nitrogens with zero attached hydrogens (tertiary/aromatic N) is 5. The number of hydrogen-bond donors (Lipinski definition) is 4. The maximum Gasteiger partial charge on any atom is 0.327 e. The summed E-state index contributed by atoms with van der Waals surface area (Å²) in [6.45, 7) is 1.68. The third-order valence-corrected chi connectivity index (χ3v) is 10.7. The average molecular weight is 782 g/mol. The molecule has 3 amide bonds. The van der Waals surface area contributed by atoms with Gasteiger partial charge >= 0.3 is 17.4 Å². The number of halogens is 2. The number of fused-ring (bicyclic) bond motifs is 2. The number of hydrogen-bond acceptors (Lipinski definition) is 6. The minimum absolute atomic E-state index is 0.0481. The number of likely N-dealkylation sites (tertiary alicyclic amines) is 2. The largest absolute Gasteiger partial charge is 0.506 e. The smallest absolute Gasteiger partial charge is 0.327 e. The molecule has 3 aromatic heterocycles. The standard InChI is InChI=1S/C33H34Br2N8O5/c34-22-16-19(17-23(35)28(22)44)18-26(30(45)40-12-7-21(8-13-40)43-29-25(38-33(43)48)5-3-11-36-29)39-31(46)41-14-9-20(10-15-41)42-27-6-2-1-4-24(27)37-32(42)47/h1-6,11,16-17,20-21,26,44H,7-10,12-15,18H2,(H,37,47)(H,38,48)(H,39,46)/t26-/m1/s1. The first-order valence-corrected chi connectivity index (χ1v) is 17.5. The number of aromatic amines is 2. The van der Waals surface area contributed by atoms with E-state index in [0.717, 1.165) is 16.6 Å². The molecule has 0 saturated carbocycles. The van der Waals surface area contributed by atoms with Crippen LogP contribution in [0.1, 0.15) is 43.3 Å². The number of H-pyrrole nitrogens is 2. The van der Waals surface area contributed by atoms with Crippen LogP contribution in [0.2, 0.25) is 0 Å². The molecule has 48 heavy (non-hydrogen) atoms. The molecule has 13 nitrogen and oxygen atoms in total. The van der Waals surface area contributed by atoms with Gasteiger partial charge < -0.3 is 30.2 Å². The number of piperidine rings is 2. The molecule has 7 rings (SSSR count). The third kappa shape index (κ3) is 6.16. The first kappa shape index (κ1) is 32.2. The van der Waals surface area contributed by atoms with Gasteiger partial charge in [0.25, 0.3) is 0 Å². The van der Waals surface area contributed by atoms with Crippen molar-refractivity contribution < 1.29 is 14.7 Å². The zero-order valence-corrected chi connectivity index (χ0v) is 29.0. The summed E-state index contributed by atoms with van der Waals surface area (Å²) in [5.74, 6) is -0.168. The fourth-order valence-electron chi connectivity index (χ4n) is 7.04. The van der Waals surface area contributed by atoms with Crippen LogP contribution in [-0.2, 0) is 11.2 Å². The zero-order valence-electron chi connectivity index (χ0n) is 25.9. The number of amides is 3. The second-order valence-electron chi connectivity index (χ2n) is 12.4. The summed E-state index contributed by atoms with van der Waals surface area (Å²) in [5, 5.41) is 13.3. The number of para-hydroxylation sites is 2. The molecule has 0 aliphatic carbocycles. The van der Waals surface area contributed by atoms with E-state index < -0.39 is 6.04 Å². The summed E-state index contributed by atoms with van der Waals surface area (Å²) >= 11 is 6.74. The van der Waals surface area contributed by atoms with Crippen molar-refractivity contribution in [3.63, 3.8) is 0 Å². The van der Waals surface area contributed by atoms with Gasteiger partial charge in [-0.3, -0.25) is 13.9 Å². The third-order valence-electron chi connectivity index (χ3n) is 9.47. The SMILES string of the molecule is O=C(N[C@H](Cc1cc(Br)c(O)c(Br)c1)C(=O)N1CCC(n2c(=O)[nH]c3cccnc32)CC1)N1CCC(n2c(=O)[nH]c3ccccc32)CC1. The number of nitrogens with one attached hydrogen (secondary N) is 3. The maximum atomic E-state index is 14.1. The van der Waals surface area contributed by atoms with E-state index in [1.807, 2.05) is 30.3 Å². The first-order chi connectivity index (χ1) is 23.2. The van der Waals surface area contributed by atoms with E-state index in [1.54, 1.807) is 43.3 Å². The van der Waals surface area contributed by atoms with Crippen LogP contribution in [0.3, 0.4) is 0 Å². The van der Waals surface area contributed by atoms with E-state index in [-0.39, 0.29) is 47.6 Å². The Morgan fingerprint density at radius 1 is 0.854 bits per heavy atom. The molecular weight excluding hydrogens is 748 g/mol. The lowest BCUT2D eigenvalue weighted by atomic mass is 10.0. The lowest BCUT2D eigenvalue weighted by Gasteiger charge is -2.36. The minimum Gasteiger partial charge on any atom is -0.506 e. The molecule has 0 bridgehead atoms. The molecule has 5 heterocycles. The van der Waals surface area contributed by atoms with Crippen LogP contribution in [-0.4, -0.2) is 83.2 Å². The lowest BCUT2D eigenvalue weighted by molar-refractivity contribution is -0.134. The number of aromatic nitrogens is 5. The normalized spacial score (nSPS) is 16.9. The molecule has 0 unspecified atom stereocenters. The number of urea groups is 1. The Hall–Kier alpha value is -4.37. The van der Waals surface area contributed by atoms with Crippen LogP contribution in [0.5, 0.6) is 5.75 Å². The average Bonchev–Trinajstić information content (AvgIpc) is 3.61. The van der Waals surface area contributed by atoms with Gasteiger partial charge in [0, 0.05) is 50.9 Å².